The van der Waals surface area contributed by atoms with Crippen LogP contribution >= 0.6 is 0 Å². The Morgan fingerprint density at radius 3 is 2.38 bits per heavy atom. The second kappa shape index (κ2) is 13.9. The van der Waals surface area contributed by atoms with Crippen LogP contribution in [0.5, 0.6) is 5.75 Å². The van der Waals surface area contributed by atoms with Crippen molar-refractivity contribution in [3.63, 3.8) is 0 Å². The zero-order valence-electron chi connectivity index (χ0n) is 25.4. The molecule has 2 N–H and O–H groups in total. The second-order valence-electron chi connectivity index (χ2n) is 11.0. The van der Waals surface area contributed by atoms with Gasteiger partial charge in [-0.25, -0.2) is 9.78 Å². The molecule has 242 valence electrons. The van der Waals surface area contributed by atoms with E-state index in [1.54, 1.807) is 12.1 Å². The average molecular weight is 647 g/mol. The molecule has 0 spiro atoms. The minimum atomic E-state index is -4.65. The van der Waals surface area contributed by atoms with E-state index >= 15 is 0 Å². The Hall–Kier alpha value is -4.06. The minimum Gasteiger partial charge on any atom is -0.512 e. The molecule has 0 unspecified atom stereocenters. The van der Waals surface area contributed by atoms with E-state index < -0.39 is 44.3 Å². The maximum atomic E-state index is 13.5. The second-order valence-corrected chi connectivity index (χ2v) is 12.6. The van der Waals surface area contributed by atoms with Crippen molar-refractivity contribution in [2.75, 3.05) is 11.3 Å². The number of aliphatic hydroxyl groups is 1. The van der Waals surface area contributed by atoms with E-state index in [0.717, 1.165) is 23.8 Å². The molecule has 1 aliphatic heterocycles. The van der Waals surface area contributed by atoms with Gasteiger partial charge in [0.15, 0.2) is 5.03 Å². The monoisotopic (exact) mass is 646 g/mol. The summed E-state index contributed by atoms with van der Waals surface area (Å²) in [6, 6.07) is 15.4. The third kappa shape index (κ3) is 8.16. The SMILES string of the molecule is CCC[C@@]1(CCc2ccc(OCC)cc2)CC(O)=C([C@H](CC)c2cccc(NS(=O)(=O)c3ccc(C(F)(F)F)cn3)c2)C(=O)O1. The maximum Gasteiger partial charge on any atom is 0.417 e. The minimum absolute atomic E-state index is 0.0572. The number of cyclic esters (lactones) is 1. The predicted molar refractivity (Wildman–Crippen MR) is 163 cm³/mol. The number of hydrogen-bond acceptors (Lipinski definition) is 7. The van der Waals surface area contributed by atoms with Gasteiger partial charge in [-0.1, -0.05) is 44.5 Å². The molecule has 2 heterocycles. The molecule has 2 aromatic carbocycles. The highest BCUT2D eigenvalue weighted by molar-refractivity contribution is 7.92. The zero-order valence-corrected chi connectivity index (χ0v) is 26.2. The molecule has 0 aliphatic carbocycles. The first-order chi connectivity index (χ1) is 21.3. The summed E-state index contributed by atoms with van der Waals surface area (Å²) < 4.78 is 78.4. The van der Waals surface area contributed by atoms with Gasteiger partial charge in [-0.15, -0.1) is 0 Å². The molecule has 2 atom stereocenters. The lowest BCUT2D eigenvalue weighted by Crippen LogP contribution is -2.41. The van der Waals surface area contributed by atoms with Gasteiger partial charge in [0, 0.05) is 24.2 Å². The molecule has 0 bridgehead atoms. The van der Waals surface area contributed by atoms with Crippen LogP contribution in [-0.4, -0.2) is 36.7 Å². The summed E-state index contributed by atoms with van der Waals surface area (Å²) in [5, 5.41) is 10.7. The van der Waals surface area contributed by atoms with Crippen molar-refractivity contribution in [2.24, 2.45) is 0 Å². The Morgan fingerprint density at radius 2 is 1.80 bits per heavy atom. The summed E-state index contributed by atoms with van der Waals surface area (Å²) in [4.78, 5) is 17.0. The first-order valence-electron chi connectivity index (χ1n) is 14.8. The number of nitrogens with zero attached hydrogens (tertiary/aromatic N) is 1. The number of hydrogen-bond donors (Lipinski definition) is 2. The van der Waals surface area contributed by atoms with Crippen molar-refractivity contribution < 1.29 is 41.0 Å². The number of aromatic nitrogens is 1. The quantitative estimate of drug-likeness (QED) is 0.183. The van der Waals surface area contributed by atoms with Crippen molar-refractivity contribution in [1.29, 1.82) is 0 Å². The fraction of sp³-hybridized carbons (Fsp3) is 0.394. The number of rotatable bonds is 13. The fourth-order valence-corrected chi connectivity index (χ4v) is 6.62. The van der Waals surface area contributed by atoms with E-state index in [1.165, 1.54) is 12.1 Å². The van der Waals surface area contributed by atoms with Gasteiger partial charge in [0.05, 0.1) is 17.7 Å². The highest BCUT2D eigenvalue weighted by Crippen LogP contribution is 2.42. The van der Waals surface area contributed by atoms with Crippen LogP contribution < -0.4 is 9.46 Å². The molecule has 1 aliphatic rings. The number of aryl methyl sites for hydroxylation is 1. The van der Waals surface area contributed by atoms with Crippen molar-refractivity contribution in [1.82, 2.24) is 4.98 Å². The van der Waals surface area contributed by atoms with Gasteiger partial charge in [-0.05, 0) is 80.1 Å². The number of alkyl halides is 3. The highest BCUT2D eigenvalue weighted by atomic mass is 32.2. The standard InChI is InChI=1S/C33H37F3N2O6S/c1-4-17-32(18-16-22-10-13-26(14-11-22)43-6-3)20-28(39)30(31(40)44-32)27(5-2)23-8-7-9-25(19-23)38-45(41,42)29-15-12-24(21-37-29)33(34,35)36/h7-15,19,21,27,38-39H,4-6,16-18,20H2,1-3H3/t27-,32-/m1/s1. The Labute approximate surface area is 261 Å². The zero-order chi connectivity index (χ0) is 32.8. The Bertz CT molecular complexity index is 1620. The summed E-state index contributed by atoms with van der Waals surface area (Å²) in [5.41, 5.74) is -0.101. The lowest BCUT2D eigenvalue weighted by molar-refractivity contribution is -0.161. The number of esters is 1. The topological polar surface area (TPSA) is 115 Å². The van der Waals surface area contributed by atoms with E-state index in [-0.39, 0.29) is 23.4 Å². The molecule has 1 aromatic heterocycles. The largest absolute Gasteiger partial charge is 0.512 e. The van der Waals surface area contributed by atoms with Crippen molar-refractivity contribution in [3.05, 3.63) is 94.9 Å². The number of carbonyl (C=O) groups is 1. The van der Waals surface area contributed by atoms with Gasteiger partial charge < -0.3 is 14.6 Å². The number of anilines is 1. The Morgan fingerprint density at radius 1 is 1.07 bits per heavy atom. The third-order valence-electron chi connectivity index (χ3n) is 7.78. The van der Waals surface area contributed by atoms with Crippen LogP contribution in [0.15, 0.2) is 83.2 Å². The molecule has 12 heteroatoms. The fourth-order valence-electron chi connectivity index (χ4n) is 5.64. The van der Waals surface area contributed by atoms with Crippen LogP contribution in [0.1, 0.15) is 75.5 Å². The van der Waals surface area contributed by atoms with E-state index in [0.29, 0.717) is 50.1 Å². The number of carbonyl (C=O) groups excluding carboxylic acids is 1. The normalized spacial score (nSPS) is 18.0. The number of ether oxygens (including phenoxy) is 2. The van der Waals surface area contributed by atoms with Gasteiger partial charge in [0.25, 0.3) is 10.0 Å². The molecule has 45 heavy (non-hydrogen) atoms. The van der Waals surface area contributed by atoms with E-state index in [1.807, 2.05) is 45.0 Å². The lowest BCUT2D eigenvalue weighted by atomic mass is 9.80. The molecular formula is C33H37F3N2O6S. The lowest BCUT2D eigenvalue weighted by Gasteiger charge is -2.38. The van der Waals surface area contributed by atoms with Crippen LogP contribution in [0, 0.1) is 0 Å². The number of halogens is 3. The summed E-state index contributed by atoms with van der Waals surface area (Å²) in [6.45, 7) is 6.31. The van der Waals surface area contributed by atoms with E-state index in [9.17, 15) is 31.5 Å². The van der Waals surface area contributed by atoms with Gasteiger partial charge in [0.2, 0.25) is 0 Å². The summed E-state index contributed by atoms with van der Waals surface area (Å²) in [6.07, 6.45) is -1.18. The van der Waals surface area contributed by atoms with Crippen LogP contribution in [-0.2, 0) is 32.2 Å². The Kier molecular flexibility index (Phi) is 10.5. The molecule has 3 aromatic rings. The number of aliphatic hydroxyl groups excluding tert-OH is 1. The molecule has 0 radical (unpaired) electrons. The molecule has 0 amide bonds. The summed E-state index contributed by atoms with van der Waals surface area (Å²) >= 11 is 0. The van der Waals surface area contributed by atoms with Gasteiger partial charge in [-0.3, -0.25) is 4.72 Å². The smallest absolute Gasteiger partial charge is 0.417 e. The number of nitrogens with one attached hydrogen (secondary N) is 1. The third-order valence-corrected chi connectivity index (χ3v) is 9.07. The summed E-state index contributed by atoms with van der Waals surface area (Å²) in [7, 11) is -4.32. The van der Waals surface area contributed by atoms with Crippen LogP contribution in [0.2, 0.25) is 0 Å². The van der Waals surface area contributed by atoms with Crippen molar-refractivity contribution >= 4 is 21.7 Å². The van der Waals surface area contributed by atoms with Crippen molar-refractivity contribution in [3.8, 4) is 5.75 Å². The van der Waals surface area contributed by atoms with E-state index in [2.05, 4.69) is 9.71 Å². The molecule has 0 fully saturated rings. The highest BCUT2D eigenvalue weighted by Gasteiger charge is 2.43. The van der Waals surface area contributed by atoms with Crippen LogP contribution in [0.25, 0.3) is 0 Å². The molecule has 8 nitrogen and oxygen atoms in total. The first kappa shape index (κ1) is 33.8. The number of sulfonamides is 1. The molecule has 0 saturated heterocycles. The van der Waals surface area contributed by atoms with Crippen molar-refractivity contribution in [2.45, 2.75) is 82.0 Å². The predicted octanol–water partition coefficient (Wildman–Crippen LogP) is 7.72. The molecular weight excluding hydrogens is 609 g/mol. The molecule has 4 rings (SSSR count). The Balaban J connectivity index is 1.54. The average Bonchev–Trinajstić information content (AvgIpc) is 2.98. The van der Waals surface area contributed by atoms with Crippen LogP contribution in [0.4, 0.5) is 18.9 Å². The first-order valence-corrected chi connectivity index (χ1v) is 16.3. The van der Waals surface area contributed by atoms with Gasteiger partial charge >= 0.3 is 12.1 Å². The summed E-state index contributed by atoms with van der Waals surface area (Å²) in [5.74, 6) is -0.502. The maximum absolute atomic E-state index is 13.5. The van der Waals surface area contributed by atoms with Crippen LogP contribution in [0.3, 0.4) is 0 Å². The van der Waals surface area contributed by atoms with Gasteiger partial charge in [0.1, 0.15) is 17.1 Å². The number of benzene rings is 2. The molecule has 0 saturated carbocycles. The number of pyridine rings is 1. The van der Waals surface area contributed by atoms with E-state index in [4.69, 9.17) is 9.47 Å². The van der Waals surface area contributed by atoms with Gasteiger partial charge in [-0.2, -0.15) is 21.6 Å².